The third-order valence-corrected chi connectivity index (χ3v) is 6.51. The number of aliphatic hydroxyl groups is 1. The molecule has 0 saturated carbocycles. The Bertz CT molecular complexity index is 1460. The van der Waals surface area contributed by atoms with Gasteiger partial charge in [-0.05, 0) is 65.9 Å². The molecule has 0 fully saturated rings. The van der Waals surface area contributed by atoms with Gasteiger partial charge in [-0.15, -0.1) is 34.4 Å². The summed E-state index contributed by atoms with van der Waals surface area (Å²) in [4.78, 5) is 14.8. The van der Waals surface area contributed by atoms with Crippen molar-refractivity contribution in [3.05, 3.63) is 88.8 Å². The van der Waals surface area contributed by atoms with E-state index in [0.29, 0.717) is 0 Å². The zero-order chi connectivity index (χ0) is 25.3. The summed E-state index contributed by atoms with van der Waals surface area (Å²) in [6.45, 7) is 11.9. The molecule has 0 spiro atoms. The zero-order valence-corrected chi connectivity index (χ0v) is 24.3. The van der Waals surface area contributed by atoms with Crippen molar-refractivity contribution in [2.45, 2.75) is 66.2 Å². The van der Waals surface area contributed by atoms with E-state index >= 15 is 0 Å². The van der Waals surface area contributed by atoms with Crippen LogP contribution >= 0.6 is 0 Å². The molecule has 36 heavy (non-hydrogen) atoms. The SMILES string of the molecule is CC(=O)/C=C(/C)O.Cc1ccc2c(ccc3c(-c4[c-]c5c(c(C(C)(C)C)c4)CCC5)nccc32)c1.[Ir]. The average molecular weight is 657 g/mol. The fourth-order valence-electron chi connectivity index (χ4n) is 5.03. The number of carbonyl (C=O) groups excluding carboxylic acids is 1. The first-order valence-electron chi connectivity index (χ1n) is 12.3. The van der Waals surface area contributed by atoms with Crippen LogP contribution in [0.4, 0.5) is 0 Å². The van der Waals surface area contributed by atoms with Crippen molar-refractivity contribution in [1.29, 1.82) is 0 Å². The summed E-state index contributed by atoms with van der Waals surface area (Å²) in [5, 5.41) is 13.4. The molecule has 0 bridgehead atoms. The number of aryl methyl sites for hydroxylation is 2. The number of hydrogen-bond donors (Lipinski definition) is 1. The minimum Gasteiger partial charge on any atom is -0.512 e. The molecule has 5 rings (SSSR count). The van der Waals surface area contributed by atoms with Gasteiger partial charge in [-0.3, -0.25) is 4.79 Å². The monoisotopic (exact) mass is 657 g/mol. The molecule has 1 radical (unpaired) electrons. The van der Waals surface area contributed by atoms with Crippen LogP contribution in [0.5, 0.6) is 0 Å². The molecule has 4 heteroatoms. The number of fused-ring (bicyclic) bond motifs is 4. The Morgan fingerprint density at radius 2 is 1.72 bits per heavy atom. The summed E-state index contributed by atoms with van der Waals surface area (Å²) in [7, 11) is 0. The van der Waals surface area contributed by atoms with Gasteiger partial charge >= 0.3 is 0 Å². The first-order valence-corrected chi connectivity index (χ1v) is 12.3. The molecule has 4 aromatic rings. The number of nitrogens with zero attached hydrogens (tertiary/aromatic N) is 1. The Kier molecular flexibility index (Phi) is 8.54. The van der Waals surface area contributed by atoms with Crippen LogP contribution in [0.25, 0.3) is 32.8 Å². The van der Waals surface area contributed by atoms with Crippen LogP contribution in [0.1, 0.15) is 63.3 Å². The van der Waals surface area contributed by atoms with Gasteiger partial charge in [0.25, 0.3) is 0 Å². The molecule has 3 aromatic carbocycles. The number of aromatic nitrogens is 1. The van der Waals surface area contributed by atoms with E-state index < -0.39 is 0 Å². The Labute approximate surface area is 228 Å². The largest absolute Gasteiger partial charge is 0.512 e. The predicted molar refractivity (Wildman–Crippen MR) is 146 cm³/mol. The minimum atomic E-state index is -0.125. The first-order chi connectivity index (χ1) is 16.5. The van der Waals surface area contributed by atoms with E-state index in [2.05, 4.69) is 76.2 Å². The quantitative estimate of drug-likeness (QED) is 0.103. The van der Waals surface area contributed by atoms with Gasteiger partial charge in [-0.1, -0.05) is 69.5 Å². The number of pyridine rings is 1. The molecule has 0 atom stereocenters. The van der Waals surface area contributed by atoms with E-state index in [1.165, 1.54) is 76.6 Å². The molecule has 0 unspecified atom stereocenters. The second kappa shape index (κ2) is 11.1. The third-order valence-electron chi connectivity index (χ3n) is 6.51. The number of rotatable bonds is 2. The van der Waals surface area contributed by atoms with Crippen LogP contribution in [0.15, 0.2) is 60.5 Å². The number of ketones is 1. The molecule has 0 aliphatic heterocycles. The number of allylic oxidation sites excluding steroid dienone is 2. The van der Waals surface area contributed by atoms with E-state index in [9.17, 15) is 4.79 Å². The number of benzene rings is 3. The number of carbonyl (C=O) groups is 1. The number of aliphatic hydroxyl groups excluding tert-OH is 1. The summed E-state index contributed by atoms with van der Waals surface area (Å²) in [5.74, 6) is -0.0625. The van der Waals surface area contributed by atoms with E-state index in [1.807, 2.05) is 6.20 Å². The van der Waals surface area contributed by atoms with E-state index in [4.69, 9.17) is 10.1 Å². The van der Waals surface area contributed by atoms with Crippen molar-refractivity contribution in [2.24, 2.45) is 0 Å². The van der Waals surface area contributed by atoms with Gasteiger partial charge in [0.2, 0.25) is 0 Å². The van der Waals surface area contributed by atoms with Gasteiger partial charge in [-0.2, -0.15) is 0 Å². The fraction of sp³-hybridized carbons (Fsp3) is 0.312. The van der Waals surface area contributed by atoms with E-state index in [1.54, 1.807) is 0 Å². The third kappa shape index (κ3) is 5.94. The predicted octanol–water partition coefficient (Wildman–Crippen LogP) is 7.98. The Morgan fingerprint density at radius 1 is 1.00 bits per heavy atom. The topological polar surface area (TPSA) is 50.2 Å². The van der Waals surface area contributed by atoms with Gasteiger partial charge in [0, 0.05) is 32.4 Å². The molecule has 0 amide bonds. The maximum atomic E-state index is 10.0. The fourth-order valence-corrected chi connectivity index (χ4v) is 5.03. The summed E-state index contributed by atoms with van der Waals surface area (Å²) in [5.41, 5.74) is 8.01. The molecular formula is C32H34IrNO2-. The Balaban J connectivity index is 0.000000400. The molecule has 1 N–H and O–H groups in total. The van der Waals surface area contributed by atoms with Crippen molar-refractivity contribution >= 4 is 27.3 Å². The molecular weight excluding hydrogens is 623 g/mol. The molecule has 0 saturated heterocycles. The van der Waals surface area contributed by atoms with Crippen LogP contribution in [-0.4, -0.2) is 15.9 Å². The second-order valence-corrected chi connectivity index (χ2v) is 10.6. The molecule has 189 valence electrons. The first kappa shape index (κ1) is 27.8. The Morgan fingerprint density at radius 3 is 2.36 bits per heavy atom. The maximum absolute atomic E-state index is 10.0. The number of hydrogen-bond acceptors (Lipinski definition) is 3. The van der Waals surface area contributed by atoms with Gasteiger partial charge in [0.05, 0.1) is 5.76 Å². The smallest absolute Gasteiger partial charge is 0.155 e. The summed E-state index contributed by atoms with van der Waals surface area (Å²) in [6, 6.07) is 19.4. The van der Waals surface area contributed by atoms with Crippen LogP contribution in [-0.2, 0) is 43.2 Å². The zero-order valence-electron chi connectivity index (χ0n) is 22.0. The molecule has 1 aliphatic carbocycles. The normalized spacial score (nSPS) is 13.1. The summed E-state index contributed by atoms with van der Waals surface area (Å²) >= 11 is 0. The molecule has 1 heterocycles. The second-order valence-electron chi connectivity index (χ2n) is 10.6. The van der Waals surface area contributed by atoms with Crippen molar-refractivity contribution in [2.75, 3.05) is 0 Å². The van der Waals surface area contributed by atoms with Gasteiger partial charge in [0.15, 0.2) is 5.78 Å². The van der Waals surface area contributed by atoms with Crippen LogP contribution in [0, 0.1) is 13.0 Å². The van der Waals surface area contributed by atoms with Gasteiger partial charge in [-0.25, -0.2) is 0 Å². The standard InChI is InChI=1S/C27H26N.C5H8O2.Ir/c1-17-8-10-21-19(14-17)9-11-24-23(21)12-13-28-26(24)20-15-18-6-5-7-22(18)25(16-20)27(2,3)4;1-4(6)3-5(2)7;/h8-14,16H,5-7H2,1-4H3;3,6H,1-2H3;/q-1;;/b;4-3-;. The van der Waals surface area contributed by atoms with Crippen LogP contribution in [0.3, 0.4) is 0 Å². The van der Waals surface area contributed by atoms with E-state index in [0.717, 1.165) is 17.7 Å². The minimum absolute atomic E-state index is 0. The average Bonchev–Trinajstić information content (AvgIpc) is 3.25. The van der Waals surface area contributed by atoms with Crippen molar-refractivity contribution in [3.63, 3.8) is 0 Å². The van der Waals surface area contributed by atoms with E-state index in [-0.39, 0.29) is 37.1 Å². The summed E-state index contributed by atoms with van der Waals surface area (Å²) < 4.78 is 0. The van der Waals surface area contributed by atoms with Crippen molar-refractivity contribution in [1.82, 2.24) is 4.98 Å². The summed E-state index contributed by atoms with van der Waals surface area (Å²) in [6.07, 6.45) is 6.69. The Hall–Kier alpha value is -2.81. The van der Waals surface area contributed by atoms with Crippen molar-refractivity contribution < 1.29 is 30.0 Å². The van der Waals surface area contributed by atoms with Gasteiger partial charge < -0.3 is 10.1 Å². The van der Waals surface area contributed by atoms with Gasteiger partial charge in [0.1, 0.15) is 0 Å². The molecule has 1 aromatic heterocycles. The van der Waals surface area contributed by atoms with Crippen LogP contribution < -0.4 is 0 Å². The molecule has 1 aliphatic rings. The maximum Gasteiger partial charge on any atom is 0.155 e. The van der Waals surface area contributed by atoms with Crippen LogP contribution in [0.2, 0.25) is 0 Å². The molecule has 3 nitrogen and oxygen atoms in total. The van der Waals surface area contributed by atoms with Crippen molar-refractivity contribution in [3.8, 4) is 11.3 Å².